The van der Waals surface area contributed by atoms with Crippen molar-refractivity contribution in [3.05, 3.63) is 65.1 Å². The van der Waals surface area contributed by atoms with Gasteiger partial charge in [0.1, 0.15) is 17.1 Å². The van der Waals surface area contributed by atoms with Gasteiger partial charge in [-0.3, -0.25) is 0 Å². The van der Waals surface area contributed by atoms with E-state index in [2.05, 4.69) is 25.1 Å². The zero-order chi connectivity index (χ0) is 16.7. The molecule has 0 atom stereocenters. The van der Waals surface area contributed by atoms with Crippen LogP contribution in [0.4, 0.5) is 0 Å². The number of carbonyl (C=O) groups is 1. The molecule has 1 heterocycles. The maximum absolute atomic E-state index is 12.0. The molecular formula is C20H24O3. The molecule has 122 valence electrons. The van der Waals surface area contributed by atoms with Gasteiger partial charge in [0.2, 0.25) is 0 Å². The molecule has 3 nitrogen and oxygen atoms in total. The minimum atomic E-state index is -0.332. The SMILES string of the molecule is CCCC/C=C(\c1ccccc1)c1cc(C(=O)OCC)c(C)o1. The fraction of sp³-hybridized carbons (Fsp3) is 0.350. The fourth-order valence-corrected chi connectivity index (χ4v) is 2.46. The number of furan rings is 1. The van der Waals surface area contributed by atoms with Crippen LogP contribution in [0.3, 0.4) is 0 Å². The zero-order valence-corrected chi connectivity index (χ0v) is 14.1. The van der Waals surface area contributed by atoms with E-state index in [0.717, 1.165) is 30.4 Å². The highest BCUT2D eigenvalue weighted by Crippen LogP contribution is 2.28. The summed E-state index contributed by atoms with van der Waals surface area (Å²) in [4.78, 5) is 12.0. The Morgan fingerprint density at radius 3 is 2.61 bits per heavy atom. The van der Waals surface area contributed by atoms with Gasteiger partial charge in [-0.05, 0) is 31.9 Å². The van der Waals surface area contributed by atoms with Gasteiger partial charge in [0.05, 0.1) is 6.61 Å². The molecule has 0 unspecified atom stereocenters. The normalized spacial score (nSPS) is 11.5. The number of carbonyl (C=O) groups excluding carboxylic acids is 1. The number of unbranched alkanes of at least 4 members (excludes halogenated alkanes) is 2. The topological polar surface area (TPSA) is 39.4 Å². The molecule has 2 rings (SSSR count). The average Bonchev–Trinajstić information content (AvgIpc) is 2.94. The van der Waals surface area contributed by atoms with E-state index in [1.807, 2.05) is 18.2 Å². The van der Waals surface area contributed by atoms with Gasteiger partial charge in [-0.2, -0.15) is 0 Å². The summed E-state index contributed by atoms with van der Waals surface area (Å²) in [6.45, 7) is 6.13. The van der Waals surface area contributed by atoms with E-state index in [4.69, 9.17) is 9.15 Å². The second kappa shape index (κ2) is 8.37. The van der Waals surface area contributed by atoms with Gasteiger partial charge in [0, 0.05) is 5.57 Å². The standard InChI is InChI=1S/C20H24O3/c1-4-6-8-13-17(16-11-9-7-10-12-16)19-14-18(15(3)23-19)20(21)22-5-2/h7,9-14H,4-6,8H2,1-3H3/b17-13+. The summed E-state index contributed by atoms with van der Waals surface area (Å²) in [6, 6.07) is 11.9. The van der Waals surface area contributed by atoms with Gasteiger partial charge < -0.3 is 9.15 Å². The van der Waals surface area contributed by atoms with Crippen molar-refractivity contribution in [2.45, 2.75) is 40.0 Å². The number of ether oxygens (including phenoxy) is 1. The summed E-state index contributed by atoms with van der Waals surface area (Å²) in [6.07, 6.45) is 5.44. The van der Waals surface area contributed by atoms with Crippen LogP contribution in [0.2, 0.25) is 0 Å². The van der Waals surface area contributed by atoms with E-state index in [9.17, 15) is 4.79 Å². The van der Waals surface area contributed by atoms with Crippen molar-refractivity contribution in [2.24, 2.45) is 0 Å². The van der Waals surface area contributed by atoms with Crippen molar-refractivity contribution >= 4 is 11.5 Å². The molecule has 0 saturated carbocycles. The third-order valence-electron chi connectivity index (χ3n) is 3.67. The Bertz CT molecular complexity index is 665. The lowest BCUT2D eigenvalue weighted by atomic mass is 10.0. The lowest BCUT2D eigenvalue weighted by Gasteiger charge is -2.05. The fourth-order valence-electron chi connectivity index (χ4n) is 2.46. The predicted molar refractivity (Wildman–Crippen MR) is 92.4 cm³/mol. The van der Waals surface area contributed by atoms with Crippen molar-refractivity contribution in [1.29, 1.82) is 0 Å². The van der Waals surface area contributed by atoms with Crippen LogP contribution in [-0.2, 0) is 4.74 Å². The summed E-state index contributed by atoms with van der Waals surface area (Å²) < 4.78 is 10.9. The van der Waals surface area contributed by atoms with Crippen LogP contribution < -0.4 is 0 Å². The van der Waals surface area contributed by atoms with E-state index >= 15 is 0 Å². The zero-order valence-electron chi connectivity index (χ0n) is 14.1. The number of aryl methyl sites for hydroxylation is 1. The summed E-state index contributed by atoms with van der Waals surface area (Å²) in [7, 11) is 0. The van der Waals surface area contributed by atoms with E-state index < -0.39 is 0 Å². The number of allylic oxidation sites excluding steroid dienone is 1. The highest BCUT2D eigenvalue weighted by atomic mass is 16.5. The average molecular weight is 312 g/mol. The number of hydrogen-bond acceptors (Lipinski definition) is 3. The Morgan fingerprint density at radius 2 is 1.96 bits per heavy atom. The second-order valence-corrected chi connectivity index (χ2v) is 5.43. The maximum atomic E-state index is 12.0. The van der Waals surface area contributed by atoms with Crippen LogP contribution in [0.25, 0.3) is 5.57 Å². The van der Waals surface area contributed by atoms with Crippen molar-refractivity contribution in [2.75, 3.05) is 6.61 Å². The summed E-state index contributed by atoms with van der Waals surface area (Å²) in [5, 5.41) is 0. The summed E-state index contributed by atoms with van der Waals surface area (Å²) in [5.74, 6) is 0.976. The Kier molecular flexibility index (Phi) is 6.21. The number of esters is 1. The first-order valence-corrected chi connectivity index (χ1v) is 8.20. The molecule has 0 N–H and O–H groups in total. The molecule has 0 radical (unpaired) electrons. The molecular weight excluding hydrogens is 288 g/mol. The van der Waals surface area contributed by atoms with E-state index in [1.165, 1.54) is 0 Å². The largest absolute Gasteiger partial charge is 0.462 e. The molecule has 1 aromatic carbocycles. The third kappa shape index (κ3) is 4.35. The van der Waals surface area contributed by atoms with Crippen LogP contribution in [0.5, 0.6) is 0 Å². The first-order valence-electron chi connectivity index (χ1n) is 8.20. The van der Waals surface area contributed by atoms with Crippen LogP contribution in [0, 0.1) is 6.92 Å². The Labute approximate surface area is 138 Å². The van der Waals surface area contributed by atoms with Crippen LogP contribution in [0.1, 0.15) is 60.6 Å². The Hall–Kier alpha value is -2.29. The molecule has 2 aromatic rings. The van der Waals surface area contributed by atoms with Crippen LogP contribution in [-0.4, -0.2) is 12.6 Å². The lowest BCUT2D eigenvalue weighted by molar-refractivity contribution is 0.0524. The molecule has 0 saturated heterocycles. The number of hydrogen-bond donors (Lipinski definition) is 0. The third-order valence-corrected chi connectivity index (χ3v) is 3.67. The van der Waals surface area contributed by atoms with Gasteiger partial charge in [0.25, 0.3) is 0 Å². The summed E-state index contributed by atoms with van der Waals surface area (Å²) >= 11 is 0. The molecule has 0 fully saturated rings. The van der Waals surface area contributed by atoms with Crippen molar-refractivity contribution < 1.29 is 13.9 Å². The highest BCUT2D eigenvalue weighted by Gasteiger charge is 2.18. The smallest absolute Gasteiger partial charge is 0.341 e. The molecule has 3 heteroatoms. The summed E-state index contributed by atoms with van der Waals surface area (Å²) in [5.41, 5.74) is 2.62. The van der Waals surface area contributed by atoms with Crippen LogP contribution >= 0.6 is 0 Å². The van der Waals surface area contributed by atoms with Gasteiger partial charge in [-0.1, -0.05) is 56.2 Å². The van der Waals surface area contributed by atoms with Crippen LogP contribution in [0.15, 0.2) is 46.9 Å². The van der Waals surface area contributed by atoms with E-state index in [-0.39, 0.29) is 5.97 Å². The molecule has 1 aromatic heterocycles. The quantitative estimate of drug-likeness (QED) is 0.508. The predicted octanol–water partition coefficient (Wildman–Crippen LogP) is 5.39. The van der Waals surface area contributed by atoms with Gasteiger partial charge in [0.15, 0.2) is 0 Å². The van der Waals surface area contributed by atoms with Crippen molar-refractivity contribution in [3.8, 4) is 0 Å². The monoisotopic (exact) mass is 312 g/mol. The van der Waals surface area contributed by atoms with Crippen molar-refractivity contribution in [1.82, 2.24) is 0 Å². The highest BCUT2D eigenvalue weighted by molar-refractivity contribution is 5.92. The molecule has 0 bridgehead atoms. The first-order chi connectivity index (χ1) is 11.2. The first kappa shape index (κ1) is 17.1. The van der Waals surface area contributed by atoms with Crippen molar-refractivity contribution in [3.63, 3.8) is 0 Å². The Morgan fingerprint density at radius 1 is 1.22 bits per heavy atom. The van der Waals surface area contributed by atoms with Gasteiger partial charge in [-0.15, -0.1) is 0 Å². The van der Waals surface area contributed by atoms with Gasteiger partial charge >= 0.3 is 5.97 Å². The number of rotatable bonds is 7. The molecule has 0 amide bonds. The lowest BCUT2D eigenvalue weighted by Crippen LogP contribution is -2.04. The van der Waals surface area contributed by atoms with E-state index in [1.54, 1.807) is 19.9 Å². The van der Waals surface area contributed by atoms with Gasteiger partial charge in [-0.25, -0.2) is 4.79 Å². The Balaban J connectivity index is 2.38. The number of benzene rings is 1. The maximum Gasteiger partial charge on any atom is 0.341 e. The van der Waals surface area contributed by atoms with E-state index in [0.29, 0.717) is 23.7 Å². The molecule has 0 aliphatic carbocycles. The second-order valence-electron chi connectivity index (χ2n) is 5.43. The molecule has 0 spiro atoms. The molecule has 23 heavy (non-hydrogen) atoms. The molecule has 0 aliphatic rings. The minimum Gasteiger partial charge on any atom is -0.462 e. The molecule has 0 aliphatic heterocycles. The minimum absolute atomic E-state index is 0.332.